The van der Waals surface area contributed by atoms with Gasteiger partial charge < -0.3 is 5.11 Å². The lowest BCUT2D eigenvalue weighted by atomic mass is 10.4. The molecule has 0 bridgehead atoms. The first kappa shape index (κ1) is 8.43. The van der Waals surface area contributed by atoms with E-state index in [1.807, 2.05) is 11.5 Å². The summed E-state index contributed by atoms with van der Waals surface area (Å²) in [5, 5.41) is 11.6. The van der Waals surface area contributed by atoms with Crippen molar-refractivity contribution >= 4 is 17.4 Å². The number of aliphatic hydroxyl groups is 1. The van der Waals surface area contributed by atoms with Crippen LogP contribution in [0.15, 0.2) is 11.5 Å². The van der Waals surface area contributed by atoms with Crippen LogP contribution in [0.1, 0.15) is 17.6 Å². The molecule has 0 amide bonds. The molecule has 1 heterocycles. The molecule has 0 saturated carbocycles. The predicted molar refractivity (Wildman–Crippen MR) is 47.6 cm³/mol. The molecule has 11 heavy (non-hydrogen) atoms. The Labute approximate surface area is 70.2 Å². The molecule has 0 aromatic carbocycles. The molecular formula is C8H11NOS. The summed E-state index contributed by atoms with van der Waals surface area (Å²) in [4.78, 5) is 4.29. The van der Waals surface area contributed by atoms with Crippen molar-refractivity contribution < 1.29 is 5.11 Å². The van der Waals surface area contributed by atoms with Gasteiger partial charge in [-0.25, -0.2) is 4.98 Å². The molecule has 0 atom stereocenters. The monoisotopic (exact) mass is 169 g/mol. The molecule has 1 aromatic rings. The van der Waals surface area contributed by atoms with Crippen molar-refractivity contribution in [2.75, 3.05) is 6.61 Å². The van der Waals surface area contributed by atoms with E-state index >= 15 is 0 Å². The average Bonchev–Trinajstić information content (AvgIpc) is 2.48. The average molecular weight is 169 g/mol. The number of thiazole rings is 1. The minimum atomic E-state index is 0.0823. The van der Waals surface area contributed by atoms with E-state index in [1.54, 1.807) is 17.4 Å². The third-order valence-electron chi connectivity index (χ3n) is 1.27. The lowest BCUT2D eigenvalue weighted by molar-refractivity contribution is 0.343. The number of aliphatic hydroxyl groups excluding tert-OH is 1. The van der Waals surface area contributed by atoms with Crippen LogP contribution in [-0.2, 0) is 6.42 Å². The number of nitrogens with zero attached hydrogens (tertiary/aromatic N) is 1. The van der Waals surface area contributed by atoms with E-state index in [-0.39, 0.29) is 6.61 Å². The van der Waals surface area contributed by atoms with E-state index in [1.165, 1.54) is 0 Å². The van der Waals surface area contributed by atoms with Crippen LogP contribution in [0.3, 0.4) is 0 Å². The molecule has 0 aliphatic rings. The topological polar surface area (TPSA) is 33.1 Å². The zero-order valence-electron chi connectivity index (χ0n) is 6.45. The van der Waals surface area contributed by atoms with E-state index in [0.717, 1.165) is 17.1 Å². The van der Waals surface area contributed by atoms with Crippen LogP contribution >= 0.6 is 11.3 Å². The fourth-order valence-corrected chi connectivity index (χ4v) is 1.45. The number of hydrogen-bond acceptors (Lipinski definition) is 3. The van der Waals surface area contributed by atoms with Crippen molar-refractivity contribution in [3.8, 4) is 0 Å². The van der Waals surface area contributed by atoms with Crippen LogP contribution in [0.25, 0.3) is 6.08 Å². The van der Waals surface area contributed by atoms with Gasteiger partial charge in [0.05, 0.1) is 17.3 Å². The maximum absolute atomic E-state index is 8.48. The van der Waals surface area contributed by atoms with E-state index < -0.39 is 0 Å². The van der Waals surface area contributed by atoms with Crippen LogP contribution in [0.4, 0.5) is 0 Å². The van der Waals surface area contributed by atoms with Gasteiger partial charge in [0.1, 0.15) is 0 Å². The zero-order valence-corrected chi connectivity index (χ0v) is 7.27. The molecule has 0 aliphatic carbocycles. The minimum Gasteiger partial charge on any atom is -0.392 e. The normalized spacial score (nSPS) is 11.1. The molecule has 0 aliphatic heterocycles. The second kappa shape index (κ2) is 4.26. The molecule has 60 valence electrons. The Hall–Kier alpha value is -0.670. The minimum absolute atomic E-state index is 0.0823. The Morgan fingerprint density at radius 1 is 1.73 bits per heavy atom. The summed E-state index contributed by atoms with van der Waals surface area (Å²) in [5.41, 5.74) is 0.945. The van der Waals surface area contributed by atoms with Gasteiger partial charge in [0, 0.05) is 5.38 Å². The smallest absolute Gasteiger partial charge is 0.0929 e. The largest absolute Gasteiger partial charge is 0.392 e. The third-order valence-corrected chi connectivity index (χ3v) is 2.28. The van der Waals surface area contributed by atoms with Crippen molar-refractivity contribution in [3.05, 3.63) is 22.2 Å². The second-order valence-corrected chi connectivity index (χ2v) is 3.05. The van der Waals surface area contributed by atoms with Gasteiger partial charge in [0.25, 0.3) is 0 Å². The fourth-order valence-electron chi connectivity index (χ4n) is 0.737. The van der Waals surface area contributed by atoms with E-state index in [4.69, 9.17) is 5.11 Å². The SMILES string of the molecule is CCc1nc(/C=C/CO)cs1. The van der Waals surface area contributed by atoms with Gasteiger partial charge in [-0.1, -0.05) is 13.0 Å². The molecule has 0 spiro atoms. The van der Waals surface area contributed by atoms with E-state index in [9.17, 15) is 0 Å². The first-order valence-electron chi connectivity index (χ1n) is 3.58. The Kier molecular flexibility index (Phi) is 3.26. The number of hydrogen-bond donors (Lipinski definition) is 1. The number of rotatable bonds is 3. The summed E-state index contributed by atoms with van der Waals surface area (Å²) in [6.45, 7) is 2.16. The van der Waals surface area contributed by atoms with E-state index in [0.29, 0.717) is 0 Å². The lowest BCUT2D eigenvalue weighted by Gasteiger charge is -1.82. The van der Waals surface area contributed by atoms with Gasteiger partial charge in [0.15, 0.2) is 0 Å². The van der Waals surface area contributed by atoms with Crippen molar-refractivity contribution in [1.29, 1.82) is 0 Å². The van der Waals surface area contributed by atoms with Crippen molar-refractivity contribution in [3.63, 3.8) is 0 Å². The fraction of sp³-hybridized carbons (Fsp3) is 0.375. The maximum Gasteiger partial charge on any atom is 0.0929 e. The Balaban J connectivity index is 2.65. The Morgan fingerprint density at radius 2 is 2.55 bits per heavy atom. The Bertz CT molecular complexity index is 242. The molecule has 1 aromatic heterocycles. The highest BCUT2D eigenvalue weighted by atomic mass is 32.1. The van der Waals surface area contributed by atoms with Gasteiger partial charge >= 0.3 is 0 Å². The van der Waals surface area contributed by atoms with Gasteiger partial charge in [0.2, 0.25) is 0 Å². The first-order chi connectivity index (χ1) is 5.36. The van der Waals surface area contributed by atoms with Crippen molar-refractivity contribution in [1.82, 2.24) is 4.98 Å². The molecule has 1 N–H and O–H groups in total. The highest BCUT2D eigenvalue weighted by molar-refractivity contribution is 7.09. The summed E-state index contributed by atoms with van der Waals surface area (Å²) in [6, 6.07) is 0. The van der Waals surface area contributed by atoms with Gasteiger partial charge in [-0.2, -0.15) is 0 Å². The first-order valence-corrected chi connectivity index (χ1v) is 4.46. The summed E-state index contributed by atoms with van der Waals surface area (Å²) < 4.78 is 0. The van der Waals surface area contributed by atoms with Gasteiger partial charge in [-0.05, 0) is 12.5 Å². The van der Waals surface area contributed by atoms with Gasteiger partial charge in [-0.15, -0.1) is 11.3 Å². The van der Waals surface area contributed by atoms with Crippen LogP contribution < -0.4 is 0 Å². The maximum atomic E-state index is 8.48. The van der Waals surface area contributed by atoms with Gasteiger partial charge in [-0.3, -0.25) is 0 Å². The van der Waals surface area contributed by atoms with Crippen LogP contribution in [0.2, 0.25) is 0 Å². The molecule has 1 rings (SSSR count). The zero-order chi connectivity index (χ0) is 8.10. The molecule has 0 fully saturated rings. The number of aromatic nitrogens is 1. The van der Waals surface area contributed by atoms with Crippen molar-refractivity contribution in [2.45, 2.75) is 13.3 Å². The third kappa shape index (κ3) is 2.44. The van der Waals surface area contributed by atoms with Crippen molar-refractivity contribution in [2.24, 2.45) is 0 Å². The highest BCUT2D eigenvalue weighted by Gasteiger charge is 1.94. The van der Waals surface area contributed by atoms with Crippen LogP contribution in [-0.4, -0.2) is 16.7 Å². The summed E-state index contributed by atoms with van der Waals surface area (Å²) in [7, 11) is 0. The quantitative estimate of drug-likeness (QED) is 0.747. The molecular weight excluding hydrogens is 158 g/mol. The second-order valence-electron chi connectivity index (χ2n) is 2.10. The molecule has 0 radical (unpaired) electrons. The Morgan fingerprint density at radius 3 is 3.09 bits per heavy atom. The molecule has 2 nitrogen and oxygen atoms in total. The lowest BCUT2D eigenvalue weighted by Crippen LogP contribution is -1.77. The molecule has 0 unspecified atom stereocenters. The van der Waals surface area contributed by atoms with Crippen LogP contribution in [0.5, 0.6) is 0 Å². The standard InChI is InChI=1S/C8H11NOS/c1-2-8-9-7(6-11-8)4-3-5-10/h3-4,6,10H,2,5H2,1H3/b4-3+. The molecule has 3 heteroatoms. The summed E-state index contributed by atoms with van der Waals surface area (Å²) in [6.07, 6.45) is 4.50. The summed E-state index contributed by atoms with van der Waals surface area (Å²) in [5.74, 6) is 0. The highest BCUT2D eigenvalue weighted by Crippen LogP contribution is 2.10. The number of aryl methyl sites for hydroxylation is 1. The summed E-state index contributed by atoms with van der Waals surface area (Å²) >= 11 is 1.66. The molecule has 0 saturated heterocycles. The van der Waals surface area contributed by atoms with Crippen LogP contribution in [0, 0.1) is 0 Å². The predicted octanol–water partition coefficient (Wildman–Crippen LogP) is 1.71. The van der Waals surface area contributed by atoms with E-state index in [2.05, 4.69) is 11.9 Å².